The normalized spacial score (nSPS) is 30.3. The highest BCUT2D eigenvalue weighted by atomic mass is 28.4. The van der Waals surface area contributed by atoms with Gasteiger partial charge in [-0.05, 0) is 39.0 Å². The first-order valence-electron chi connectivity index (χ1n) is 7.82. The molecule has 1 aliphatic heterocycles. The van der Waals surface area contributed by atoms with Crippen molar-refractivity contribution in [3.05, 3.63) is 0 Å². The second-order valence-electron chi connectivity index (χ2n) is 5.78. The van der Waals surface area contributed by atoms with Crippen molar-refractivity contribution in [1.29, 1.82) is 0 Å². The van der Waals surface area contributed by atoms with Gasteiger partial charge in [0.2, 0.25) is 0 Å². The van der Waals surface area contributed by atoms with Crippen LogP contribution in [0.15, 0.2) is 0 Å². The van der Waals surface area contributed by atoms with Crippen LogP contribution in [0.25, 0.3) is 0 Å². The topological polar surface area (TPSA) is 18.5 Å². The van der Waals surface area contributed by atoms with Gasteiger partial charge in [0.15, 0.2) is 0 Å². The molecule has 2 nitrogen and oxygen atoms in total. The van der Waals surface area contributed by atoms with E-state index in [1.54, 1.807) is 0 Å². The lowest BCUT2D eigenvalue weighted by molar-refractivity contribution is 0.0982. The van der Waals surface area contributed by atoms with Crippen LogP contribution in [0.2, 0.25) is 10.6 Å². The lowest BCUT2D eigenvalue weighted by Gasteiger charge is -2.56. The Hall–Kier alpha value is 0.137. The summed E-state index contributed by atoms with van der Waals surface area (Å²) in [6.45, 7) is 15.3. The van der Waals surface area contributed by atoms with Crippen LogP contribution in [-0.4, -0.2) is 21.8 Å². The molecule has 2 unspecified atom stereocenters. The molecule has 0 aromatic carbocycles. The summed E-state index contributed by atoms with van der Waals surface area (Å²) in [5, 5.41) is 0.302. The first-order chi connectivity index (χ1) is 8.54. The Morgan fingerprint density at radius 3 is 1.83 bits per heavy atom. The lowest BCUT2D eigenvalue weighted by Crippen LogP contribution is -2.61. The average Bonchev–Trinajstić information content (AvgIpc) is 2.36. The maximum absolute atomic E-state index is 6.41. The molecule has 1 heterocycles. The fourth-order valence-corrected chi connectivity index (χ4v) is 9.71. The van der Waals surface area contributed by atoms with Crippen molar-refractivity contribution in [3.63, 3.8) is 0 Å². The van der Waals surface area contributed by atoms with E-state index < -0.39 is 8.56 Å². The third-order valence-electron chi connectivity index (χ3n) is 5.30. The predicted octanol–water partition coefficient (Wildman–Crippen LogP) is 4.88. The van der Waals surface area contributed by atoms with Crippen LogP contribution in [0.1, 0.15) is 67.2 Å². The molecule has 1 rings (SSSR count). The van der Waals surface area contributed by atoms with Crippen molar-refractivity contribution >= 4 is 8.56 Å². The van der Waals surface area contributed by atoms with Crippen LogP contribution >= 0.6 is 0 Å². The summed E-state index contributed by atoms with van der Waals surface area (Å²) < 4.78 is 12.8. The molecule has 1 aliphatic rings. The zero-order valence-corrected chi connectivity index (χ0v) is 14.2. The van der Waals surface area contributed by atoms with Gasteiger partial charge in [0.05, 0.1) is 0 Å². The minimum Gasteiger partial charge on any atom is -0.394 e. The van der Waals surface area contributed by atoms with E-state index in [-0.39, 0.29) is 0 Å². The van der Waals surface area contributed by atoms with Gasteiger partial charge in [-0.1, -0.05) is 34.1 Å². The van der Waals surface area contributed by atoms with E-state index in [4.69, 9.17) is 8.85 Å². The average molecular weight is 273 g/mol. The minimum atomic E-state index is -2.13. The smallest absolute Gasteiger partial charge is 0.347 e. The third-order valence-corrected chi connectivity index (χ3v) is 10.9. The molecule has 0 N–H and O–H groups in total. The maximum Gasteiger partial charge on any atom is 0.347 e. The molecule has 0 bridgehead atoms. The zero-order chi connectivity index (χ0) is 13.8. The quantitative estimate of drug-likeness (QED) is 0.641. The summed E-state index contributed by atoms with van der Waals surface area (Å²) >= 11 is 0. The van der Waals surface area contributed by atoms with Crippen molar-refractivity contribution < 1.29 is 8.85 Å². The molecule has 0 aromatic heterocycles. The molecule has 108 valence electrons. The molecular formula is C15H32O2Si. The number of hydrogen-bond acceptors (Lipinski definition) is 2. The summed E-state index contributed by atoms with van der Waals surface area (Å²) in [5.41, 5.74) is 0.619. The fourth-order valence-electron chi connectivity index (χ4n) is 4.28. The Bertz CT molecular complexity index is 245. The zero-order valence-electron chi connectivity index (χ0n) is 13.2. The maximum atomic E-state index is 6.41. The summed E-state index contributed by atoms with van der Waals surface area (Å²) in [6.07, 6.45) is 5.00. The van der Waals surface area contributed by atoms with Crippen LogP contribution in [0.3, 0.4) is 0 Å². The predicted molar refractivity (Wildman–Crippen MR) is 80.1 cm³/mol. The highest BCUT2D eigenvalue weighted by Gasteiger charge is 2.63. The van der Waals surface area contributed by atoms with Crippen LogP contribution in [0, 0.1) is 5.92 Å². The van der Waals surface area contributed by atoms with Gasteiger partial charge in [-0.2, -0.15) is 0 Å². The van der Waals surface area contributed by atoms with Crippen molar-refractivity contribution in [2.24, 2.45) is 5.92 Å². The van der Waals surface area contributed by atoms with Gasteiger partial charge in [-0.3, -0.25) is 0 Å². The van der Waals surface area contributed by atoms with Crippen molar-refractivity contribution in [2.75, 3.05) is 13.2 Å². The molecule has 0 saturated carbocycles. The van der Waals surface area contributed by atoms with E-state index in [1.807, 2.05) is 0 Å². The molecule has 1 saturated heterocycles. The Morgan fingerprint density at radius 2 is 1.44 bits per heavy atom. The third kappa shape index (κ3) is 2.30. The summed E-state index contributed by atoms with van der Waals surface area (Å²) in [5.74, 6) is 0.730. The number of hydrogen-bond donors (Lipinski definition) is 0. The Kier molecular flexibility index (Phi) is 5.88. The van der Waals surface area contributed by atoms with E-state index in [0.717, 1.165) is 19.1 Å². The largest absolute Gasteiger partial charge is 0.394 e. The van der Waals surface area contributed by atoms with Gasteiger partial charge >= 0.3 is 8.56 Å². The SMILES string of the molecule is CCO[Si]1(OCC)C(C)CCC(C)C1(CC)CC. The van der Waals surface area contributed by atoms with Crippen LogP contribution in [0.5, 0.6) is 0 Å². The van der Waals surface area contributed by atoms with Gasteiger partial charge in [0.1, 0.15) is 0 Å². The van der Waals surface area contributed by atoms with E-state index in [0.29, 0.717) is 10.6 Å². The van der Waals surface area contributed by atoms with Gasteiger partial charge in [0, 0.05) is 23.8 Å². The standard InChI is InChI=1S/C15H32O2Si/c1-7-15(8-2)13(5)11-12-14(6)18(15,16-9-3)17-10-4/h13-14H,7-12H2,1-6H3. The van der Waals surface area contributed by atoms with Gasteiger partial charge in [0.25, 0.3) is 0 Å². The molecule has 0 spiro atoms. The molecule has 0 aliphatic carbocycles. The van der Waals surface area contributed by atoms with E-state index in [2.05, 4.69) is 41.5 Å². The Labute approximate surface area is 115 Å². The highest BCUT2D eigenvalue weighted by molar-refractivity contribution is 6.72. The van der Waals surface area contributed by atoms with E-state index in [9.17, 15) is 0 Å². The molecular weight excluding hydrogens is 240 g/mol. The van der Waals surface area contributed by atoms with Crippen LogP contribution in [0.4, 0.5) is 0 Å². The monoisotopic (exact) mass is 272 g/mol. The molecule has 18 heavy (non-hydrogen) atoms. The lowest BCUT2D eigenvalue weighted by atomic mass is 9.83. The first kappa shape index (κ1) is 16.2. The number of rotatable bonds is 6. The molecule has 3 heteroatoms. The molecule has 0 amide bonds. The van der Waals surface area contributed by atoms with Crippen molar-refractivity contribution in [2.45, 2.75) is 77.8 Å². The highest BCUT2D eigenvalue weighted by Crippen LogP contribution is 2.61. The Balaban J connectivity index is 3.24. The molecule has 2 atom stereocenters. The van der Waals surface area contributed by atoms with Gasteiger partial charge < -0.3 is 8.85 Å². The van der Waals surface area contributed by atoms with E-state index >= 15 is 0 Å². The van der Waals surface area contributed by atoms with Crippen LogP contribution < -0.4 is 0 Å². The molecule has 0 aromatic rings. The summed E-state index contributed by atoms with van der Waals surface area (Å²) in [4.78, 5) is 0. The second-order valence-corrected chi connectivity index (χ2v) is 9.67. The van der Waals surface area contributed by atoms with Crippen LogP contribution in [-0.2, 0) is 8.85 Å². The van der Waals surface area contributed by atoms with Crippen molar-refractivity contribution in [1.82, 2.24) is 0 Å². The Morgan fingerprint density at radius 1 is 0.944 bits per heavy atom. The summed E-state index contributed by atoms with van der Waals surface area (Å²) in [7, 11) is -2.13. The fraction of sp³-hybridized carbons (Fsp3) is 1.00. The summed E-state index contributed by atoms with van der Waals surface area (Å²) in [6, 6.07) is 0. The van der Waals surface area contributed by atoms with E-state index in [1.165, 1.54) is 25.7 Å². The molecule has 1 fully saturated rings. The first-order valence-corrected chi connectivity index (χ1v) is 9.71. The molecule has 0 radical (unpaired) electrons. The minimum absolute atomic E-state index is 0.302. The second kappa shape index (κ2) is 6.53. The van der Waals surface area contributed by atoms with Gasteiger partial charge in [-0.25, -0.2) is 0 Å². The van der Waals surface area contributed by atoms with Gasteiger partial charge in [-0.15, -0.1) is 0 Å². The van der Waals surface area contributed by atoms with Crippen molar-refractivity contribution in [3.8, 4) is 0 Å².